The van der Waals surface area contributed by atoms with Crippen LogP contribution in [0.5, 0.6) is 0 Å². The van der Waals surface area contributed by atoms with E-state index in [2.05, 4.69) is 10.1 Å². The molecule has 0 bridgehead atoms. The first-order valence-corrected chi connectivity index (χ1v) is 5.21. The summed E-state index contributed by atoms with van der Waals surface area (Å²) < 4.78 is 14.6. The maximum Gasteiger partial charge on any atom is 0.162 e. The molecule has 0 amide bonds. The average molecular weight is 251 g/mol. The molecule has 4 nitrogen and oxygen atoms in total. The smallest absolute Gasteiger partial charge is 0.162 e. The molecule has 2 aromatic heterocycles. The van der Waals surface area contributed by atoms with Gasteiger partial charge in [0.15, 0.2) is 5.69 Å². The van der Waals surface area contributed by atoms with Gasteiger partial charge in [-0.1, -0.05) is 11.6 Å². The number of nitriles is 1. The van der Waals surface area contributed by atoms with E-state index in [-0.39, 0.29) is 5.15 Å². The zero-order valence-electron chi connectivity index (χ0n) is 8.98. The van der Waals surface area contributed by atoms with E-state index >= 15 is 0 Å². The fourth-order valence-electron chi connectivity index (χ4n) is 1.51. The normalized spacial score (nSPS) is 10.2. The van der Waals surface area contributed by atoms with Gasteiger partial charge in [-0.2, -0.15) is 10.4 Å². The van der Waals surface area contributed by atoms with Gasteiger partial charge in [0.05, 0.1) is 6.20 Å². The Kier molecular flexibility index (Phi) is 3.07. The van der Waals surface area contributed by atoms with Crippen LogP contribution in [0, 0.1) is 17.1 Å². The van der Waals surface area contributed by atoms with Gasteiger partial charge in [0.2, 0.25) is 0 Å². The van der Waals surface area contributed by atoms with Crippen molar-refractivity contribution in [3.05, 3.63) is 46.3 Å². The molecular weight excluding hydrogens is 243 g/mol. The van der Waals surface area contributed by atoms with Crippen LogP contribution in [0.4, 0.5) is 4.39 Å². The summed E-state index contributed by atoms with van der Waals surface area (Å²) in [5, 5.41) is 12.9. The van der Waals surface area contributed by atoms with Gasteiger partial charge >= 0.3 is 0 Å². The number of rotatable bonds is 2. The summed E-state index contributed by atoms with van der Waals surface area (Å²) in [6, 6.07) is 4.91. The minimum atomic E-state index is -0.438. The van der Waals surface area contributed by atoms with Gasteiger partial charge in [0.1, 0.15) is 17.0 Å². The summed E-state index contributed by atoms with van der Waals surface area (Å²) in [6.45, 7) is 0. The molecule has 6 heteroatoms. The molecule has 0 unspecified atom stereocenters. The lowest BCUT2D eigenvalue weighted by molar-refractivity contribution is 0.618. The highest BCUT2D eigenvalue weighted by atomic mass is 35.5. The predicted octanol–water partition coefficient (Wildman–Crippen LogP) is 2.07. The van der Waals surface area contributed by atoms with Crippen LogP contribution in [-0.4, -0.2) is 14.8 Å². The molecule has 0 aromatic carbocycles. The van der Waals surface area contributed by atoms with Crippen LogP contribution in [0.3, 0.4) is 0 Å². The highest BCUT2D eigenvalue weighted by Gasteiger charge is 2.09. The van der Waals surface area contributed by atoms with Gasteiger partial charge < -0.3 is 0 Å². The third-order valence-corrected chi connectivity index (χ3v) is 2.68. The van der Waals surface area contributed by atoms with Gasteiger partial charge in [0.25, 0.3) is 0 Å². The van der Waals surface area contributed by atoms with Gasteiger partial charge in [-0.25, -0.2) is 9.37 Å². The van der Waals surface area contributed by atoms with Gasteiger partial charge in [0, 0.05) is 19.2 Å². The third kappa shape index (κ3) is 2.43. The monoisotopic (exact) mass is 250 g/mol. The SMILES string of the molecule is Cn1nc(C#N)cc1Cc1cc(F)cnc1Cl. The Balaban J connectivity index is 2.34. The maximum atomic E-state index is 13.0. The standard InChI is InChI=1S/C11H8ClFN4/c1-17-10(4-9(5-14)16-17)3-7-2-8(13)6-15-11(7)12/h2,4,6H,3H2,1H3. The first-order valence-electron chi connectivity index (χ1n) is 4.83. The molecule has 2 heterocycles. The fourth-order valence-corrected chi connectivity index (χ4v) is 1.68. The van der Waals surface area contributed by atoms with E-state index < -0.39 is 5.82 Å². The van der Waals surface area contributed by atoms with Gasteiger partial charge in [-0.05, 0) is 17.7 Å². The first kappa shape index (κ1) is 11.6. The quantitative estimate of drug-likeness (QED) is 0.767. The largest absolute Gasteiger partial charge is 0.271 e. The Bertz CT molecular complexity index is 600. The Morgan fingerprint density at radius 3 is 2.94 bits per heavy atom. The second-order valence-electron chi connectivity index (χ2n) is 3.54. The summed E-state index contributed by atoms with van der Waals surface area (Å²) in [5.74, 6) is -0.438. The highest BCUT2D eigenvalue weighted by molar-refractivity contribution is 6.30. The minimum absolute atomic E-state index is 0.256. The molecule has 0 radical (unpaired) electrons. The number of halogens is 2. The molecule has 86 valence electrons. The molecule has 2 rings (SSSR count). The molecule has 0 aliphatic heterocycles. The molecule has 0 saturated carbocycles. The van der Waals surface area contributed by atoms with Crippen molar-refractivity contribution in [2.45, 2.75) is 6.42 Å². The number of hydrogen-bond donors (Lipinski definition) is 0. The van der Waals surface area contributed by atoms with Crippen molar-refractivity contribution in [3.8, 4) is 6.07 Å². The lowest BCUT2D eigenvalue weighted by Crippen LogP contribution is -2.00. The lowest BCUT2D eigenvalue weighted by Gasteiger charge is -2.03. The van der Waals surface area contributed by atoms with E-state index in [1.165, 1.54) is 6.07 Å². The topological polar surface area (TPSA) is 54.5 Å². The number of hydrogen-bond acceptors (Lipinski definition) is 3. The summed E-state index contributed by atoms with van der Waals surface area (Å²) in [4.78, 5) is 3.73. The molecule has 0 aliphatic carbocycles. The molecule has 0 N–H and O–H groups in total. The fraction of sp³-hybridized carbons (Fsp3) is 0.182. The van der Waals surface area contributed by atoms with Crippen molar-refractivity contribution in [2.24, 2.45) is 7.05 Å². The Hall–Kier alpha value is -1.93. The Labute approximate surface area is 102 Å². The van der Waals surface area contributed by atoms with E-state index in [4.69, 9.17) is 16.9 Å². The number of aryl methyl sites for hydroxylation is 1. The maximum absolute atomic E-state index is 13.0. The number of nitrogens with zero attached hydrogens (tertiary/aromatic N) is 4. The molecule has 0 fully saturated rings. The zero-order valence-corrected chi connectivity index (χ0v) is 9.74. The van der Waals surface area contributed by atoms with E-state index in [0.717, 1.165) is 11.9 Å². The summed E-state index contributed by atoms with van der Waals surface area (Å²) >= 11 is 5.87. The summed E-state index contributed by atoms with van der Waals surface area (Å²) in [6.07, 6.45) is 1.45. The van der Waals surface area contributed by atoms with Crippen LogP contribution in [-0.2, 0) is 13.5 Å². The van der Waals surface area contributed by atoms with Crippen LogP contribution >= 0.6 is 11.6 Å². The molecular formula is C11H8ClFN4. The van der Waals surface area contributed by atoms with Gasteiger partial charge in [-0.3, -0.25) is 4.68 Å². The molecule has 0 aliphatic rings. The Morgan fingerprint density at radius 1 is 1.53 bits per heavy atom. The molecule has 0 saturated heterocycles. The van der Waals surface area contributed by atoms with E-state index in [1.54, 1.807) is 17.8 Å². The number of aromatic nitrogens is 3. The Morgan fingerprint density at radius 2 is 2.29 bits per heavy atom. The predicted molar refractivity (Wildman–Crippen MR) is 59.9 cm³/mol. The first-order chi connectivity index (χ1) is 8.10. The van der Waals surface area contributed by atoms with Crippen LogP contribution < -0.4 is 0 Å². The molecule has 2 aromatic rings. The zero-order chi connectivity index (χ0) is 12.4. The van der Waals surface area contributed by atoms with Crippen LogP contribution in [0.1, 0.15) is 17.0 Å². The average Bonchev–Trinajstić information content (AvgIpc) is 2.65. The highest BCUT2D eigenvalue weighted by Crippen LogP contribution is 2.18. The van der Waals surface area contributed by atoms with Crippen LogP contribution in [0.25, 0.3) is 0 Å². The second kappa shape index (κ2) is 4.52. The molecule has 17 heavy (non-hydrogen) atoms. The number of pyridine rings is 1. The van der Waals surface area contributed by atoms with Crippen LogP contribution in [0.15, 0.2) is 18.3 Å². The third-order valence-electron chi connectivity index (χ3n) is 2.34. The minimum Gasteiger partial charge on any atom is -0.271 e. The van der Waals surface area contributed by atoms with E-state index in [1.807, 2.05) is 6.07 Å². The van der Waals surface area contributed by atoms with E-state index in [0.29, 0.717) is 17.7 Å². The second-order valence-corrected chi connectivity index (χ2v) is 3.89. The summed E-state index contributed by atoms with van der Waals surface area (Å²) in [7, 11) is 1.72. The van der Waals surface area contributed by atoms with Crippen molar-refractivity contribution in [2.75, 3.05) is 0 Å². The lowest BCUT2D eigenvalue weighted by atomic mass is 10.1. The van der Waals surface area contributed by atoms with Crippen molar-refractivity contribution < 1.29 is 4.39 Å². The molecule has 0 atom stereocenters. The van der Waals surface area contributed by atoms with Gasteiger partial charge in [-0.15, -0.1) is 0 Å². The van der Waals surface area contributed by atoms with Crippen molar-refractivity contribution in [3.63, 3.8) is 0 Å². The summed E-state index contributed by atoms with van der Waals surface area (Å²) in [5.41, 5.74) is 1.66. The van der Waals surface area contributed by atoms with Crippen molar-refractivity contribution in [1.82, 2.24) is 14.8 Å². The van der Waals surface area contributed by atoms with E-state index in [9.17, 15) is 4.39 Å². The molecule has 0 spiro atoms. The van der Waals surface area contributed by atoms with Crippen LogP contribution in [0.2, 0.25) is 5.15 Å². The van der Waals surface area contributed by atoms with Crippen molar-refractivity contribution in [1.29, 1.82) is 5.26 Å². The van der Waals surface area contributed by atoms with Crippen molar-refractivity contribution >= 4 is 11.6 Å².